The monoisotopic (exact) mass is 333 g/mol. The van der Waals surface area contributed by atoms with Crippen molar-refractivity contribution >= 4 is 17.8 Å². The molecule has 1 amide bonds. The van der Waals surface area contributed by atoms with Gasteiger partial charge in [-0.1, -0.05) is 30.3 Å². The smallest absolute Gasteiger partial charge is 0.408 e. The van der Waals surface area contributed by atoms with E-state index >= 15 is 0 Å². The summed E-state index contributed by atoms with van der Waals surface area (Å²) in [6.07, 6.45) is -0.465. The molecule has 6 heteroatoms. The Morgan fingerprint density at radius 1 is 1.25 bits per heavy atom. The lowest BCUT2D eigenvalue weighted by Crippen LogP contribution is -2.49. The number of nitrogens with one attached hydrogen (secondary N) is 1. The van der Waals surface area contributed by atoms with Gasteiger partial charge in [0.15, 0.2) is 5.41 Å². The summed E-state index contributed by atoms with van der Waals surface area (Å²) in [6.45, 7) is 6.73. The summed E-state index contributed by atoms with van der Waals surface area (Å²) in [4.78, 5) is 37.0. The molecule has 0 unspecified atom stereocenters. The second-order valence-corrected chi connectivity index (χ2v) is 6.90. The molecule has 0 spiro atoms. The van der Waals surface area contributed by atoms with Crippen LogP contribution in [0.15, 0.2) is 30.3 Å². The summed E-state index contributed by atoms with van der Waals surface area (Å²) >= 11 is 0. The van der Waals surface area contributed by atoms with Crippen LogP contribution in [0.5, 0.6) is 0 Å². The molecule has 1 aliphatic rings. The van der Waals surface area contributed by atoms with Crippen LogP contribution in [0.1, 0.15) is 45.7 Å². The van der Waals surface area contributed by atoms with Gasteiger partial charge in [-0.15, -0.1) is 0 Å². The first-order chi connectivity index (χ1) is 11.2. The first-order valence-corrected chi connectivity index (χ1v) is 7.89. The Hall–Kier alpha value is -2.37. The Labute approximate surface area is 141 Å². The number of benzene rings is 1. The number of ketones is 1. The van der Waals surface area contributed by atoms with Crippen LogP contribution in [-0.4, -0.2) is 30.1 Å². The Morgan fingerprint density at radius 2 is 1.88 bits per heavy atom. The maximum absolute atomic E-state index is 12.4. The van der Waals surface area contributed by atoms with Crippen molar-refractivity contribution < 1.29 is 23.9 Å². The van der Waals surface area contributed by atoms with Gasteiger partial charge >= 0.3 is 12.1 Å². The summed E-state index contributed by atoms with van der Waals surface area (Å²) in [5.41, 5.74) is -1.47. The number of amides is 1. The third-order valence-electron chi connectivity index (χ3n) is 4.01. The highest BCUT2D eigenvalue weighted by atomic mass is 16.6. The molecule has 6 nitrogen and oxygen atoms in total. The summed E-state index contributed by atoms with van der Waals surface area (Å²) in [5.74, 6) is -0.949. The highest BCUT2D eigenvalue weighted by molar-refractivity contribution is 6.05. The minimum atomic E-state index is -1.43. The van der Waals surface area contributed by atoms with Gasteiger partial charge in [0, 0.05) is 6.42 Å². The van der Waals surface area contributed by atoms with E-state index in [1.165, 1.54) is 6.92 Å². The molecule has 1 fully saturated rings. The molecule has 1 aromatic carbocycles. The number of ether oxygens (including phenoxy) is 2. The molecular formula is C18H23NO5. The molecule has 2 rings (SSSR count). The number of alkyl carbamates (subject to hydrolysis) is 1. The lowest BCUT2D eigenvalue weighted by molar-refractivity contribution is -0.152. The third-order valence-corrected chi connectivity index (χ3v) is 4.01. The lowest BCUT2D eigenvalue weighted by Gasteiger charge is -2.33. The van der Waals surface area contributed by atoms with Crippen LogP contribution in [0.2, 0.25) is 0 Å². The molecule has 24 heavy (non-hydrogen) atoms. The Morgan fingerprint density at radius 3 is 2.33 bits per heavy atom. The Kier molecular flexibility index (Phi) is 4.96. The van der Waals surface area contributed by atoms with Crippen molar-refractivity contribution in [3.63, 3.8) is 0 Å². The van der Waals surface area contributed by atoms with Crippen LogP contribution in [0, 0.1) is 5.41 Å². The first-order valence-electron chi connectivity index (χ1n) is 7.89. The number of Topliss-reactive ketones (excluding diaryl/α,β-unsaturated/α-hetero) is 1. The minimum absolute atomic E-state index is 0.151. The van der Waals surface area contributed by atoms with Gasteiger partial charge in [-0.3, -0.25) is 9.59 Å². The summed E-state index contributed by atoms with van der Waals surface area (Å²) < 4.78 is 10.4. The van der Waals surface area contributed by atoms with Crippen LogP contribution >= 0.6 is 0 Å². The molecule has 0 saturated carbocycles. The first kappa shape index (κ1) is 18.0. The van der Waals surface area contributed by atoms with Gasteiger partial charge in [0.25, 0.3) is 0 Å². The zero-order chi connectivity index (χ0) is 18.0. The van der Waals surface area contributed by atoms with Gasteiger partial charge in [0.1, 0.15) is 11.4 Å². The molecular weight excluding hydrogens is 310 g/mol. The normalized spacial score (nSPS) is 21.8. The van der Waals surface area contributed by atoms with Crippen molar-refractivity contribution in [2.45, 2.75) is 45.8 Å². The van der Waals surface area contributed by atoms with Crippen LogP contribution in [0.4, 0.5) is 4.79 Å². The fraction of sp³-hybridized carbons (Fsp3) is 0.500. The second-order valence-electron chi connectivity index (χ2n) is 6.90. The molecule has 1 aliphatic heterocycles. The topological polar surface area (TPSA) is 81.7 Å². The van der Waals surface area contributed by atoms with Crippen LogP contribution in [0.3, 0.4) is 0 Å². The molecule has 1 N–H and O–H groups in total. The molecule has 0 radical (unpaired) electrons. The zero-order valence-electron chi connectivity index (χ0n) is 14.4. The summed E-state index contributed by atoms with van der Waals surface area (Å²) in [6, 6.07) is 8.07. The standard InChI is InChI=1S/C18H23NO5/c1-12(20)18(10-11-23-15(18)21)14(13-8-6-5-7-9-13)19-16(22)24-17(2,3)4/h5-9,14H,10-11H2,1-4H3,(H,19,22)/t14-,18+/m1/s1. The molecule has 2 atom stereocenters. The zero-order valence-corrected chi connectivity index (χ0v) is 14.4. The highest BCUT2D eigenvalue weighted by Gasteiger charge is 2.56. The maximum Gasteiger partial charge on any atom is 0.408 e. The highest BCUT2D eigenvalue weighted by Crippen LogP contribution is 2.43. The van der Waals surface area contributed by atoms with E-state index in [0.717, 1.165) is 0 Å². The SMILES string of the molecule is CC(=O)[C@]1([C@H](NC(=O)OC(C)(C)C)c2ccccc2)CCOC1=O. The molecule has 1 aromatic rings. The molecule has 1 saturated heterocycles. The van der Waals surface area contributed by atoms with Gasteiger partial charge in [0.2, 0.25) is 0 Å². The van der Waals surface area contributed by atoms with Crippen molar-refractivity contribution in [3.05, 3.63) is 35.9 Å². The maximum atomic E-state index is 12.4. The number of hydrogen-bond acceptors (Lipinski definition) is 5. The fourth-order valence-corrected chi connectivity index (χ4v) is 2.88. The average Bonchev–Trinajstić information content (AvgIpc) is 2.86. The number of cyclic esters (lactones) is 1. The Bertz CT molecular complexity index is 635. The number of hydrogen-bond donors (Lipinski definition) is 1. The second kappa shape index (κ2) is 6.63. The number of rotatable bonds is 4. The predicted octanol–water partition coefficient (Wildman–Crippen LogP) is 2.77. The van der Waals surface area contributed by atoms with Crippen molar-refractivity contribution in [3.8, 4) is 0 Å². The predicted molar refractivity (Wildman–Crippen MR) is 87.2 cm³/mol. The van der Waals surface area contributed by atoms with E-state index in [9.17, 15) is 14.4 Å². The Balaban J connectivity index is 2.42. The molecule has 1 heterocycles. The van der Waals surface area contributed by atoms with E-state index < -0.39 is 29.1 Å². The quantitative estimate of drug-likeness (QED) is 0.677. The molecule has 0 aromatic heterocycles. The number of esters is 1. The lowest BCUT2D eigenvalue weighted by atomic mass is 9.73. The minimum Gasteiger partial charge on any atom is -0.465 e. The molecule has 130 valence electrons. The van der Waals surface area contributed by atoms with Crippen molar-refractivity contribution in [2.24, 2.45) is 5.41 Å². The third kappa shape index (κ3) is 3.58. The largest absolute Gasteiger partial charge is 0.465 e. The summed E-state index contributed by atoms with van der Waals surface area (Å²) in [5, 5.41) is 2.70. The number of carbonyl (C=O) groups excluding carboxylic acids is 3. The van der Waals surface area contributed by atoms with Crippen LogP contribution in [0.25, 0.3) is 0 Å². The van der Waals surface area contributed by atoms with E-state index in [1.54, 1.807) is 45.0 Å². The van der Waals surface area contributed by atoms with E-state index in [4.69, 9.17) is 9.47 Å². The van der Waals surface area contributed by atoms with Gasteiger partial charge in [-0.2, -0.15) is 0 Å². The van der Waals surface area contributed by atoms with Crippen molar-refractivity contribution in [1.29, 1.82) is 0 Å². The number of carbonyl (C=O) groups is 3. The van der Waals surface area contributed by atoms with Gasteiger partial charge in [0.05, 0.1) is 12.6 Å². The summed E-state index contributed by atoms with van der Waals surface area (Å²) in [7, 11) is 0. The van der Waals surface area contributed by atoms with Crippen LogP contribution < -0.4 is 5.32 Å². The van der Waals surface area contributed by atoms with Gasteiger partial charge in [-0.05, 0) is 33.3 Å². The fourth-order valence-electron chi connectivity index (χ4n) is 2.88. The van der Waals surface area contributed by atoms with Gasteiger partial charge in [-0.25, -0.2) is 4.79 Å². The van der Waals surface area contributed by atoms with E-state index in [-0.39, 0.29) is 18.8 Å². The van der Waals surface area contributed by atoms with Gasteiger partial charge < -0.3 is 14.8 Å². The molecule has 0 bridgehead atoms. The van der Waals surface area contributed by atoms with Crippen LogP contribution in [-0.2, 0) is 19.1 Å². The average molecular weight is 333 g/mol. The van der Waals surface area contributed by atoms with E-state index in [0.29, 0.717) is 5.56 Å². The van der Waals surface area contributed by atoms with Crippen molar-refractivity contribution in [2.75, 3.05) is 6.61 Å². The van der Waals surface area contributed by atoms with E-state index in [1.807, 2.05) is 6.07 Å². The molecule has 0 aliphatic carbocycles. The van der Waals surface area contributed by atoms with Crippen molar-refractivity contribution in [1.82, 2.24) is 5.32 Å². The van der Waals surface area contributed by atoms with E-state index in [2.05, 4.69) is 5.32 Å².